The summed E-state index contributed by atoms with van der Waals surface area (Å²) in [7, 11) is 0. The second-order valence-corrected chi connectivity index (χ2v) is 4.90. The number of nitrogens with one attached hydrogen (secondary N) is 1. The average molecular weight is 302 g/mol. The lowest BCUT2D eigenvalue weighted by molar-refractivity contribution is -0.121. The van der Waals surface area contributed by atoms with Gasteiger partial charge in [0.15, 0.2) is 0 Å². The summed E-state index contributed by atoms with van der Waals surface area (Å²) < 4.78 is 27.4. The third kappa shape index (κ3) is 2.43. The minimum atomic E-state index is -0.913. The zero-order valence-corrected chi connectivity index (χ0v) is 11.4. The molecule has 1 N–H and O–H groups in total. The lowest BCUT2D eigenvalue weighted by Gasteiger charge is -2.16. The first-order chi connectivity index (χ1) is 10.6. The Balaban J connectivity index is 1.86. The molecule has 1 fully saturated rings. The maximum Gasteiger partial charge on any atom is 0.256 e. The first-order valence-corrected chi connectivity index (χ1v) is 6.70. The molecule has 2 aromatic rings. The summed E-state index contributed by atoms with van der Waals surface area (Å²) >= 11 is 0. The molecule has 0 unspecified atom stereocenters. The fourth-order valence-corrected chi connectivity index (χ4v) is 2.40. The van der Waals surface area contributed by atoms with Crippen LogP contribution in [0, 0.1) is 11.6 Å². The molecule has 0 saturated carbocycles. The molecule has 0 radical (unpaired) electrons. The zero-order valence-electron chi connectivity index (χ0n) is 11.4. The number of rotatable bonds is 3. The van der Waals surface area contributed by atoms with Gasteiger partial charge in [-0.15, -0.1) is 0 Å². The molecule has 1 aliphatic rings. The molecule has 0 aliphatic carbocycles. The van der Waals surface area contributed by atoms with Crippen LogP contribution in [0.4, 0.5) is 20.2 Å². The van der Waals surface area contributed by atoms with E-state index < -0.39 is 29.5 Å². The Labute approximate surface area is 125 Å². The number of carbonyl (C=O) groups excluding carboxylic acids is 2. The van der Waals surface area contributed by atoms with E-state index in [4.69, 9.17) is 0 Å². The van der Waals surface area contributed by atoms with Gasteiger partial charge >= 0.3 is 0 Å². The minimum Gasteiger partial charge on any atom is -0.371 e. The number of amides is 2. The number of imide groups is 1. The van der Waals surface area contributed by atoms with Crippen LogP contribution in [-0.4, -0.2) is 17.9 Å². The number of hydrogen-bond donors (Lipinski definition) is 1. The molecular weight excluding hydrogens is 290 g/mol. The first-order valence-electron chi connectivity index (χ1n) is 6.70. The molecule has 0 aromatic heterocycles. The van der Waals surface area contributed by atoms with Gasteiger partial charge in [0.05, 0.1) is 17.8 Å². The summed E-state index contributed by atoms with van der Waals surface area (Å²) in [4.78, 5) is 25.2. The van der Waals surface area contributed by atoms with Gasteiger partial charge in [-0.3, -0.25) is 9.59 Å². The maximum atomic E-state index is 13.8. The van der Waals surface area contributed by atoms with E-state index in [9.17, 15) is 18.4 Å². The number of halogens is 2. The molecule has 3 rings (SSSR count). The van der Waals surface area contributed by atoms with Crippen molar-refractivity contribution in [2.45, 2.75) is 12.5 Å². The van der Waals surface area contributed by atoms with Gasteiger partial charge in [0.2, 0.25) is 5.91 Å². The van der Waals surface area contributed by atoms with Crippen molar-refractivity contribution in [1.82, 2.24) is 0 Å². The molecule has 1 heterocycles. The van der Waals surface area contributed by atoms with E-state index in [1.54, 1.807) is 6.07 Å². The molecular formula is C16H12F2N2O2. The largest absolute Gasteiger partial charge is 0.371 e. The van der Waals surface area contributed by atoms with E-state index in [2.05, 4.69) is 5.32 Å². The maximum absolute atomic E-state index is 13.8. The van der Waals surface area contributed by atoms with E-state index in [0.29, 0.717) is 0 Å². The molecule has 6 heteroatoms. The predicted octanol–water partition coefficient (Wildman–Crippen LogP) is 2.71. The Morgan fingerprint density at radius 1 is 0.955 bits per heavy atom. The molecule has 22 heavy (non-hydrogen) atoms. The van der Waals surface area contributed by atoms with Crippen molar-refractivity contribution in [2.24, 2.45) is 0 Å². The Kier molecular flexibility index (Phi) is 3.58. The predicted molar refractivity (Wildman–Crippen MR) is 77.3 cm³/mol. The SMILES string of the molecule is O=C1C[C@H](Nc2ccccc2F)C(=O)N1c1ccccc1F. The molecule has 2 amide bonds. The number of benzene rings is 2. The third-order valence-corrected chi connectivity index (χ3v) is 3.44. The Bertz CT molecular complexity index is 748. The van der Waals surface area contributed by atoms with E-state index >= 15 is 0 Å². The van der Waals surface area contributed by atoms with Crippen molar-refractivity contribution in [3.63, 3.8) is 0 Å². The normalized spacial score (nSPS) is 17.9. The van der Waals surface area contributed by atoms with Gasteiger partial charge in [-0.1, -0.05) is 24.3 Å². The van der Waals surface area contributed by atoms with Crippen molar-refractivity contribution >= 4 is 23.2 Å². The number of nitrogens with zero attached hydrogens (tertiary/aromatic N) is 1. The summed E-state index contributed by atoms with van der Waals surface area (Å²) in [6.45, 7) is 0. The second kappa shape index (κ2) is 5.55. The van der Waals surface area contributed by atoms with Crippen LogP contribution >= 0.6 is 0 Å². The van der Waals surface area contributed by atoms with Crippen LogP contribution in [0.15, 0.2) is 48.5 Å². The van der Waals surface area contributed by atoms with Crippen molar-refractivity contribution in [1.29, 1.82) is 0 Å². The van der Waals surface area contributed by atoms with E-state index in [0.717, 1.165) is 4.90 Å². The minimum absolute atomic E-state index is 0.0877. The highest BCUT2D eigenvalue weighted by Crippen LogP contribution is 2.27. The van der Waals surface area contributed by atoms with Crippen molar-refractivity contribution in [3.8, 4) is 0 Å². The molecule has 1 saturated heterocycles. The third-order valence-electron chi connectivity index (χ3n) is 3.44. The summed E-state index contributed by atoms with van der Waals surface area (Å²) in [5.74, 6) is -2.30. The van der Waals surface area contributed by atoms with Gasteiger partial charge in [0, 0.05) is 0 Å². The zero-order chi connectivity index (χ0) is 15.7. The highest BCUT2D eigenvalue weighted by molar-refractivity contribution is 6.23. The molecule has 112 valence electrons. The van der Waals surface area contributed by atoms with Crippen molar-refractivity contribution < 1.29 is 18.4 Å². The lowest BCUT2D eigenvalue weighted by Crippen LogP contribution is -2.35. The van der Waals surface area contributed by atoms with Gasteiger partial charge in [-0.2, -0.15) is 0 Å². The van der Waals surface area contributed by atoms with E-state index in [1.807, 2.05) is 0 Å². The topological polar surface area (TPSA) is 49.4 Å². The van der Waals surface area contributed by atoms with Crippen LogP contribution in [0.5, 0.6) is 0 Å². The van der Waals surface area contributed by atoms with Crippen molar-refractivity contribution in [3.05, 3.63) is 60.2 Å². The van der Waals surface area contributed by atoms with Gasteiger partial charge in [0.1, 0.15) is 17.7 Å². The van der Waals surface area contributed by atoms with Gasteiger partial charge < -0.3 is 5.32 Å². The summed E-state index contributed by atoms with van der Waals surface area (Å²) in [6, 6.07) is 10.5. The van der Waals surface area contributed by atoms with Gasteiger partial charge in [-0.05, 0) is 24.3 Å². The fraction of sp³-hybridized carbons (Fsp3) is 0.125. The monoisotopic (exact) mass is 302 g/mol. The molecule has 0 bridgehead atoms. The Hall–Kier alpha value is -2.76. The smallest absolute Gasteiger partial charge is 0.256 e. The van der Waals surface area contributed by atoms with Crippen LogP contribution < -0.4 is 10.2 Å². The lowest BCUT2D eigenvalue weighted by atomic mass is 10.2. The van der Waals surface area contributed by atoms with E-state index in [-0.39, 0.29) is 17.8 Å². The Morgan fingerprint density at radius 2 is 1.59 bits per heavy atom. The van der Waals surface area contributed by atoms with Crippen LogP contribution in [0.1, 0.15) is 6.42 Å². The fourth-order valence-electron chi connectivity index (χ4n) is 2.40. The van der Waals surface area contributed by atoms with Crippen LogP contribution in [0.25, 0.3) is 0 Å². The van der Waals surface area contributed by atoms with Crippen LogP contribution in [-0.2, 0) is 9.59 Å². The number of hydrogen-bond acceptors (Lipinski definition) is 3. The molecule has 1 atom stereocenters. The van der Waals surface area contributed by atoms with Crippen LogP contribution in [0.2, 0.25) is 0 Å². The van der Waals surface area contributed by atoms with Crippen LogP contribution in [0.3, 0.4) is 0 Å². The summed E-state index contributed by atoms with van der Waals surface area (Å²) in [5, 5.41) is 2.70. The number of anilines is 2. The molecule has 4 nitrogen and oxygen atoms in total. The Morgan fingerprint density at radius 3 is 2.27 bits per heavy atom. The highest BCUT2D eigenvalue weighted by atomic mass is 19.1. The van der Waals surface area contributed by atoms with Gasteiger partial charge in [-0.25, -0.2) is 13.7 Å². The summed E-state index contributed by atoms with van der Waals surface area (Å²) in [6.07, 6.45) is -0.151. The van der Waals surface area contributed by atoms with Gasteiger partial charge in [0.25, 0.3) is 5.91 Å². The standard InChI is InChI=1S/C16H12F2N2O2/c17-10-5-1-3-7-12(10)19-13-9-15(21)20(16(13)22)14-8-4-2-6-11(14)18/h1-8,13,19H,9H2/t13-/m0/s1. The highest BCUT2D eigenvalue weighted by Gasteiger charge is 2.40. The number of para-hydroxylation sites is 2. The quantitative estimate of drug-likeness (QED) is 0.887. The molecule has 0 spiro atoms. The second-order valence-electron chi connectivity index (χ2n) is 4.90. The average Bonchev–Trinajstić information content (AvgIpc) is 2.77. The van der Waals surface area contributed by atoms with E-state index in [1.165, 1.54) is 42.5 Å². The molecule has 1 aliphatic heterocycles. The summed E-state index contributed by atoms with van der Waals surface area (Å²) in [5.41, 5.74) is 0.0411. The first kappa shape index (κ1) is 14.2. The molecule has 2 aromatic carbocycles. The number of carbonyl (C=O) groups is 2. The van der Waals surface area contributed by atoms with Crippen molar-refractivity contribution in [2.75, 3.05) is 10.2 Å².